The topological polar surface area (TPSA) is 56.7 Å². The van der Waals surface area contributed by atoms with Gasteiger partial charge in [-0.3, -0.25) is 9.79 Å². The van der Waals surface area contributed by atoms with Crippen molar-refractivity contribution in [3.8, 4) is 0 Å². The summed E-state index contributed by atoms with van der Waals surface area (Å²) in [5.41, 5.74) is 2.87. The van der Waals surface area contributed by atoms with Crippen LogP contribution in [0.2, 0.25) is 0 Å². The van der Waals surface area contributed by atoms with Crippen molar-refractivity contribution < 1.29 is 4.79 Å². The molecule has 0 aliphatic rings. The molecule has 0 saturated carbocycles. The minimum Gasteiger partial charge on any atom is -0.355 e. The summed E-state index contributed by atoms with van der Waals surface area (Å²) in [6.45, 7) is 1.33. The van der Waals surface area contributed by atoms with Gasteiger partial charge < -0.3 is 15.5 Å². The van der Waals surface area contributed by atoms with Crippen molar-refractivity contribution in [3.63, 3.8) is 0 Å². The van der Waals surface area contributed by atoms with Crippen LogP contribution in [0.15, 0.2) is 58.0 Å². The molecule has 2 aromatic rings. The minimum absolute atomic E-state index is 0. The van der Waals surface area contributed by atoms with Gasteiger partial charge in [-0.1, -0.05) is 46.3 Å². The maximum Gasteiger partial charge on any atom is 0.251 e. The van der Waals surface area contributed by atoms with E-state index in [1.165, 1.54) is 5.56 Å². The van der Waals surface area contributed by atoms with Crippen LogP contribution in [-0.2, 0) is 13.1 Å². The lowest BCUT2D eigenvalue weighted by molar-refractivity contribution is 0.0963. The van der Waals surface area contributed by atoms with Crippen LogP contribution in [0.1, 0.15) is 21.5 Å². The molecule has 2 aromatic carbocycles. The fourth-order valence-corrected chi connectivity index (χ4v) is 2.90. The summed E-state index contributed by atoms with van der Waals surface area (Å²) < 4.78 is 1.08. The van der Waals surface area contributed by atoms with E-state index in [4.69, 9.17) is 0 Å². The molecule has 0 atom stereocenters. The third kappa shape index (κ3) is 6.28. The Morgan fingerprint density at radius 1 is 1.19 bits per heavy atom. The van der Waals surface area contributed by atoms with Crippen molar-refractivity contribution in [3.05, 3.63) is 69.7 Å². The van der Waals surface area contributed by atoms with Gasteiger partial charge in [0.1, 0.15) is 0 Å². The SMILES string of the molecule is CN=C(NCc1cccc(C(=O)NC)c1)N(C)Cc1ccccc1Br.I. The molecule has 1 amide bonds. The van der Waals surface area contributed by atoms with E-state index in [0.29, 0.717) is 12.1 Å². The third-order valence-corrected chi connectivity index (χ3v) is 4.58. The number of nitrogens with zero attached hydrogens (tertiary/aromatic N) is 2. The van der Waals surface area contributed by atoms with Crippen molar-refractivity contribution in [1.82, 2.24) is 15.5 Å². The van der Waals surface area contributed by atoms with Crippen LogP contribution in [0.4, 0.5) is 0 Å². The highest BCUT2D eigenvalue weighted by Crippen LogP contribution is 2.17. The molecule has 0 spiro atoms. The quantitative estimate of drug-likeness (QED) is 0.352. The highest BCUT2D eigenvalue weighted by molar-refractivity contribution is 14.0. The van der Waals surface area contributed by atoms with Crippen LogP contribution in [0.25, 0.3) is 0 Å². The molecule has 0 radical (unpaired) electrons. The van der Waals surface area contributed by atoms with Gasteiger partial charge in [0.15, 0.2) is 5.96 Å². The van der Waals surface area contributed by atoms with Gasteiger partial charge >= 0.3 is 0 Å². The Morgan fingerprint density at radius 2 is 1.92 bits per heavy atom. The number of benzene rings is 2. The number of amides is 1. The number of halogens is 2. The van der Waals surface area contributed by atoms with Crippen LogP contribution >= 0.6 is 39.9 Å². The first-order valence-corrected chi connectivity index (χ1v) is 8.80. The lowest BCUT2D eigenvalue weighted by Crippen LogP contribution is -2.38. The van der Waals surface area contributed by atoms with E-state index in [1.807, 2.05) is 43.4 Å². The maximum absolute atomic E-state index is 11.7. The standard InChI is InChI=1S/C19H23BrN4O.HI/c1-21-18(25)15-9-6-7-14(11-15)12-23-19(22-2)24(3)13-16-8-4-5-10-17(16)20;/h4-11H,12-13H2,1-3H3,(H,21,25)(H,22,23);1H. The molecule has 7 heteroatoms. The second-order valence-electron chi connectivity index (χ2n) is 5.63. The van der Waals surface area contributed by atoms with E-state index in [0.717, 1.165) is 22.5 Å². The largest absolute Gasteiger partial charge is 0.355 e. The molecule has 26 heavy (non-hydrogen) atoms. The Morgan fingerprint density at radius 3 is 2.58 bits per heavy atom. The van der Waals surface area contributed by atoms with Gasteiger partial charge in [0.05, 0.1) is 0 Å². The molecule has 0 unspecified atom stereocenters. The number of nitrogens with one attached hydrogen (secondary N) is 2. The molecular formula is C19H24BrIN4O. The monoisotopic (exact) mass is 530 g/mol. The van der Waals surface area contributed by atoms with Crippen molar-refractivity contribution in [1.29, 1.82) is 0 Å². The summed E-state index contributed by atoms with van der Waals surface area (Å²) in [7, 11) is 5.39. The third-order valence-electron chi connectivity index (χ3n) is 3.81. The smallest absolute Gasteiger partial charge is 0.251 e. The second-order valence-corrected chi connectivity index (χ2v) is 6.48. The molecule has 0 aliphatic carbocycles. The average molecular weight is 531 g/mol. The van der Waals surface area contributed by atoms with E-state index >= 15 is 0 Å². The van der Waals surface area contributed by atoms with E-state index in [-0.39, 0.29) is 29.9 Å². The van der Waals surface area contributed by atoms with Crippen molar-refractivity contribution in [2.24, 2.45) is 4.99 Å². The average Bonchev–Trinajstić information content (AvgIpc) is 2.63. The van der Waals surface area contributed by atoms with Gasteiger partial charge in [-0.2, -0.15) is 0 Å². The Labute approximate surface area is 180 Å². The van der Waals surface area contributed by atoms with Gasteiger partial charge in [0, 0.05) is 44.3 Å². The molecular weight excluding hydrogens is 507 g/mol. The molecule has 0 heterocycles. The Hall–Kier alpha value is -1.61. The highest BCUT2D eigenvalue weighted by atomic mass is 127. The van der Waals surface area contributed by atoms with Crippen LogP contribution in [0, 0.1) is 0 Å². The summed E-state index contributed by atoms with van der Waals surface area (Å²) in [4.78, 5) is 18.1. The number of aliphatic imine (C=N–C) groups is 1. The summed E-state index contributed by atoms with van der Waals surface area (Å²) >= 11 is 3.58. The predicted octanol–water partition coefficient (Wildman–Crippen LogP) is 3.63. The lowest BCUT2D eigenvalue weighted by Gasteiger charge is -2.23. The van der Waals surface area contributed by atoms with Gasteiger partial charge in [-0.05, 0) is 29.3 Å². The minimum atomic E-state index is -0.0859. The van der Waals surface area contributed by atoms with E-state index in [1.54, 1.807) is 20.2 Å². The van der Waals surface area contributed by atoms with Gasteiger partial charge in [0.25, 0.3) is 5.91 Å². The number of guanidine groups is 1. The zero-order valence-electron chi connectivity index (χ0n) is 15.1. The number of hydrogen-bond donors (Lipinski definition) is 2. The summed E-state index contributed by atoms with van der Waals surface area (Å²) in [6.07, 6.45) is 0. The number of rotatable bonds is 5. The maximum atomic E-state index is 11.7. The van der Waals surface area contributed by atoms with Gasteiger partial charge in [-0.15, -0.1) is 24.0 Å². The highest BCUT2D eigenvalue weighted by Gasteiger charge is 2.09. The van der Waals surface area contributed by atoms with E-state index in [9.17, 15) is 4.79 Å². The van der Waals surface area contributed by atoms with Crippen LogP contribution in [0.3, 0.4) is 0 Å². The zero-order valence-corrected chi connectivity index (χ0v) is 19.0. The fourth-order valence-electron chi connectivity index (χ4n) is 2.49. The molecule has 0 fully saturated rings. The molecule has 0 aliphatic heterocycles. The molecule has 5 nitrogen and oxygen atoms in total. The fraction of sp³-hybridized carbons (Fsp3) is 0.263. The molecule has 2 rings (SSSR count). The molecule has 140 valence electrons. The molecule has 2 N–H and O–H groups in total. The van der Waals surface area contributed by atoms with Crippen molar-refractivity contribution in [2.45, 2.75) is 13.1 Å². The molecule has 0 aromatic heterocycles. The first kappa shape index (κ1) is 22.4. The first-order valence-electron chi connectivity index (χ1n) is 8.01. The Balaban J connectivity index is 0.00000338. The summed E-state index contributed by atoms with van der Waals surface area (Å²) in [6, 6.07) is 15.7. The Bertz CT molecular complexity index is 767. The summed E-state index contributed by atoms with van der Waals surface area (Å²) in [5, 5.41) is 5.98. The Kier molecular flexibility index (Phi) is 9.64. The van der Waals surface area contributed by atoms with Crippen molar-refractivity contribution >= 4 is 51.8 Å². The van der Waals surface area contributed by atoms with E-state index in [2.05, 4.69) is 42.5 Å². The predicted molar refractivity (Wildman–Crippen MR) is 121 cm³/mol. The van der Waals surface area contributed by atoms with Gasteiger partial charge in [-0.25, -0.2) is 0 Å². The number of carbonyl (C=O) groups excluding carboxylic acids is 1. The normalized spacial score (nSPS) is 10.7. The molecule has 0 saturated heterocycles. The number of hydrogen-bond acceptors (Lipinski definition) is 2. The van der Waals surface area contributed by atoms with Gasteiger partial charge in [0.2, 0.25) is 0 Å². The summed E-state index contributed by atoms with van der Waals surface area (Å²) in [5.74, 6) is 0.707. The number of carbonyl (C=O) groups is 1. The van der Waals surface area contributed by atoms with Crippen LogP contribution in [0.5, 0.6) is 0 Å². The van der Waals surface area contributed by atoms with Crippen molar-refractivity contribution in [2.75, 3.05) is 21.1 Å². The van der Waals surface area contributed by atoms with Crippen LogP contribution in [-0.4, -0.2) is 37.9 Å². The zero-order chi connectivity index (χ0) is 18.2. The van der Waals surface area contributed by atoms with E-state index < -0.39 is 0 Å². The lowest BCUT2D eigenvalue weighted by atomic mass is 10.1. The second kappa shape index (κ2) is 11.2. The van der Waals surface area contributed by atoms with Crippen LogP contribution < -0.4 is 10.6 Å². The molecule has 0 bridgehead atoms. The first-order chi connectivity index (χ1) is 12.0.